The first-order valence-electron chi connectivity index (χ1n) is 4.94. The van der Waals surface area contributed by atoms with E-state index in [0.717, 1.165) is 6.54 Å². The molecular weight excluding hydrogens is 158 g/mol. The molecule has 2 aliphatic rings. The van der Waals surface area contributed by atoms with Crippen molar-refractivity contribution < 1.29 is 0 Å². The van der Waals surface area contributed by atoms with Crippen LogP contribution in [-0.2, 0) is 0 Å². The molecule has 0 saturated heterocycles. The molecule has 0 saturated carbocycles. The zero-order chi connectivity index (χ0) is 9.47. The van der Waals surface area contributed by atoms with Gasteiger partial charge in [0.05, 0.1) is 0 Å². The third-order valence-corrected chi connectivity index (χ3v) is 2.76. The van der Waals surface area contributed by atoms with Crippen LogP contribution in [0.3, 0.4) is 0 Å². The van der Waals surface area contributed by atoms with E-state index in [9.17, 15) is 0 Å². The zero-order valence-corrected chi connectivity index (χ0v) is 8.67. The Hall–Kier alpha value is -0.980. The molecule has 0 N–H and O–H groups in total. The van der Waals surface area contributed by atoms with Gasteiger partial charge in [0.15, 0.2) is 0 Å². The van der Waals surface area contributed by atoms with Gasteiger partial charge in [-0.2, -0.15) is 0 Å². The van der Waals surface area contributed by atoms with Crippen LogP contribution in [0.5, 0.6) is 0 Å². The first kappa shape index (κ1) is 8.61. The van der Waals surface area contributed by atoms with Crippen molar-refractivity contribution in [3.63, 3.8) is 0 Å². The second-order valence-electron chi connectivity index (χ2n) is 4.76. The molecule has 0 amide bonds. The molecule has 0 fully saturated rings. The summed E-state index contributed by atoms with van der Waals surface area (Å²) in [6.45, 7) is 8.05. The van der Waals surface area contributed by atoms with Crippen LogP contribution in [0, 0.1) is 5.41 Å². The normalized spacial score (nSPS) is 21.3. The Morgan fingerprint density at radius 1 is 1.23 bits per heavy atom. The van der Waals surface area contributed by atoms with Crippen LogP contribution in [0.1, 0.15) is 27.2 Å². The minimum Gasteiger partial charge on any atom is -0.348 e. The number of allylic oxidation sites excluding steroid dienone is 3. The lowest BCUT2D eigenvalue weighted by Gasteiger charge is -2.23. The number of rotatable bonds is 0. The summed E-state index contributed by atoms with van der Waals surface area (Å²) < 4.78 is 0. The fourth-order valence-electron chi connectivity index (χ4n) is 2.06. The fourth-order valence-corrected chi connectivity index (χ4v) is 2.06. The van der Waals surface area contributed by atoms with Gasteiger partial charge in [-0.05, 0) is 29.6 Å². The standard InChI is InChI=1S/C12H17N/c1-12(2,3)10-7-9-13-8-5-4-6-11(10)13/h4-6,8H,7,9H2,1-3H3. The molecule has 2 aliphatic heterocycles. The van der Waals surface area contributed by atoms with Gasteiger partial charge in [0, 0.05) is 18.4 Å². The van der Waals surface area contributed by atoms with Gasteiger partial charge in [-0.3, -0.25) is 0 Å². The van der Waals surface area contributed by atoms with Gasteiger partial charge in [-0.1, -0.05) is 26.8 Å². The first-order valence-corrected chi connectivity index (χ1v) is 4.94. The van der Waals surface area contributed by atoms with E-state index in [1.165, 1.54) is 12.1 Å². The molecule has 0 atom stereocenters. The van der Waals surface area contributed by atoms with E-state index in [0.29, 0.717) is 5.41 Å². The molecular formula is C12H17N. The molecule has 0 aromatic heterocycles. The summed E-state index contributed by atoms with van der Waals surface area (Å²) in [6.07, 6.45) is 9.85. The van der Waals surface area contributed by atoms with E-state index in [2.05, 4.69) is 50.1 Å². The van der Waals surface area contributed by atoms with Crippen molar-refractivity contribution in [2.75, 3.05) is 6.54 Å². The fraction of sp³-hybridized carbons (Fsp3) is 0.500. The maximum absolute atomic E-state index is 2.35. The topological polar surface area (TPSA) is 3.24 Å². The first-order chi connectivity index (χ1) is 6.09. The van der Waals surface area contributed by atoms with Crippen molar-refractivity contribution in [1.82, 2.24) is 4.90 Å². The molecule has 1 nitrogen and oxygen atoms in total. The SMILES string of the molecule is CC(C)(C)C1=C2C=CC=CN2CC1. The Kier molecular flexibility index (Phi) is 1.83. The Morgan fingerprint density at radius 2 is 2.00 bits per heavy atom. The molecule has 0 bridgehead atoms. The Morgan fingerprint density at radius 3 is 2.69 bits per heavy atom. The Bertz CT molecular complexity index is 300. The molecule has 0 aliphatic carbocycles. The predicted octanol–water partition coefficient (Wildman–Crippen LogP) is 3.08. The van der Waals surface area contributed by atoms with Gasteiger partial charge >= 0.3 is 0 Å². The molecule has 2 heterocycles. The average Bonchev–Trinajstić information content (AvgIpc) is 2.45. The highest BCUT2D eigenvalue weighted by Crippen LogP contribution is 2.38. The molecule has 2 rings (SSSR count). The molecule has 70 valence electrons. The summed E-state index contributed by atoms with van der Waals surface area (Å²) >= 11 is 0. The summed E-state index contributed by atoms with van der Waals surface area (Å²) in [7, 11) is 0. The number of fused-ring (bicyclic) bond motifs is 1. The quantitative estimate of drug-likeness (QED) is 0.547. The van der Waals surface area contributed by atoms with Crippen molar-refractivity contribution in [3.8, 4) is 0 Å². The van der Waals surface area contributed by atoms with E-state index < -0.39 is 0 Å². The van der Waals surface area contributed by atoms with Crippen molar-refractivity contribution >= 4 is 0 Å². The highest BCUT2D eigenvalue weighted by molar-refractivity contribution is 5.37. The highest BCUT2D eigenvalue weighted by Gasteiger charge is 2.27. The van der Waals surface area contributed by atoms with E-state index in [1.807, 2.05) is 0 Å². The van der Waals surface area contributed by atoms with Crippen LogP contribution in [-0.4, -0.2) is 11.4 Å². The smallest absolute Gasteiger partial charge is 0.0404 e. The van der Waals surface area contributed by atoms with Gasteiger partial charge in [-0.15, -0.1) is 0 Å². The van der Waals surface area contributed by atoms with E-state index in [-0.39, 0.29) is 0 Å². The number of nitrogens with zero attached hydrogens (tertiary/aromatic N) is 1. The van der Waals surface area contributed by atoms with Crippen LogP contribution in [0.2, 0.25) is 0 Å². The molecule has 0 aromatic rings. The third-order valence-electron chi connectivity index (χ3n) is 2.76. The molecule has 13 heavy (non-hydrogen) atoms. The van der Waals surface area contributed by atoms with Crippen LogP contribution >= 0.6 is 0 Å². The van der Waals surface area contributed by atoms with Crippen molar-refractivity contribution in [1.29, 1.82) is 0 Å². The molecule has 0 radical (unpaired) electrons. The van der Waals surface area contributed by atoms with Gasteiger partial charge in [-0.25, -0.2) is 0 Å². The Balaban J connectivity index is 2.39. The summed E-state index contributed by atoms with van der Waals surface area (Å²) in [5, 5.41) is 0. The van der Waals surface area contributed by atoms with E-state index in [1.54, 1.807) is 5.57 Å². The van der Waals surface area contributed by atoms with Crippen molar-refractivity contribution in [3.05, 3.63) is 35.7 Å². The Labute approximate surface area is 80.4 Å². The molecule has 0 unspecified atom stereocenters. The predicted molar refractivity (Wildman–Crippen MR) is 56.1 cm³/mol. The van der Waals surface area contributed by atoms with Crippen LogP contribution in [0.15, 0.2) is 35.7 Å². The number of hydrogen-bond acceptors (Lipinski definition) is 1. The van der Waals surface area contributed by atoms with E-state index >= 15 is 0 Å². The second-order valence-corrected chi connectivity index (χ2v) is 4.76. The van der Waals surface area contributed by atoms with Gasteiger partial charge < -0.3 is 4.90 Å². The molecule has 1 heteroatoms. The van der Waals surface area contributed by atoms with Crippen LogP contribution in [0.4, 0.5) is 0 Å². The van der Waals surface area contributed by atoms with Gasteiger partial charge in [0.1, 0.15) is 0 Å². The van der Waals surface area contributed by atoms with Crippen molar-refractivity contribution in [2.45, 2.75) is 27.2 Å². The summed E-state index contributed by atoms with van der Waals surface area (Å²) in [6, 6.07) is 0. The lowest BCUT2D eigenvalue weighted by atomic mass is 9.84. The maximum atomic E-state index is 2.35. The zero-order valence-electron chi connectivity index (χ0n) is 8.67. The van der Waals surface area contributed by atoms with E-state index in [4.69, 9.17) is 0 Å². The van der Waals surface area contributed by atoms with Crippen LogP contribution in [0.25, 0.3) is 0 Å². The minimum absolute atomic E-state index is 0.319. The monoisotopic (exact) mass is 175 g/mol. The van der Waals surface area contributed by atoms with Crippen molar-refractivity contribution in [2.24, 2.45) is 5.41 Å². The summed E-state index contributed by atoms with van der Waals surface area (Å²) in [5.74, 6) is 0. The lowest BCUT2D eigenvalue weighted by Crippen LogP contribution is -2.13. The highest BCUT2D eigenvalue weighted by atomic mass is 15.1. The van der Waals surface area contributed by atoms with Crippen LogP contribution < -0.4 is 0 Å². The maximum Gasteiger partial charge on any atom is 0.0404 e. The third kappa shape index (κ3) is 1.43. The second kappa shape index (κ2) is 2.76. The summed E-state index contributed by atoms with van der Waals surface area (Å²) in [5.41, 5.74) is 3.34. The molecule has 0 spiro atoms. The molecule has 0 aromatic carbocycles. The minimum atomic E-state index is 0.319. The van der Waals surface area contributed by atoms with Gasteiger partial charge in [0.2, 0.25) is 0 Å². The largest absolute Gasteiger partial charge is 0.348 e. The summed E-state index contributed by atoms with van der Waals surface area (Å²) in [4.78, 5) is 2.35. The average molecular weight is 175 g/mol. The number of hydrogen-bond donors (Lipinski definition) is 0. The lowest BCUT2D eigenvalue weighted by molar-refractivity contribution is 0.490. The van der Waals surface area contributed by atoms with Gasteiger partial charge in [0.25, 0.3) is 0 Å².